The Labute approximate surface area is 114 Å². The Hall–Kier alpha value is -1.13. The molecular weight excluding hydrogens is 243 g/mol. The van der Waals surface area contributed by atoms with Crippen LogP contribution in [0.5, 0.6) is 5.75 Å². The average molecular weight is 266 g/mol. The van der Waals surface area contributed by atoms with Crippen molar-refractivity contribution in [1.82, 2.24) is 4.90 Å². The summed E-state index contributed by atoms with van der Waals surface area (Å²) in [7, 11) is 0. The number of phenolic OH excluding ortho intramolecular Hbond substituents is 1. The summed E-state index contributed by atoms with van der Waals surface area (Å²) in [6.07, 6.45) is 3.45. The molecule has 4 heteroatoms. The van der Waals surface area contributed by atoms with E-state index >= 15 is 0 Å². The van der Waals surface area contributed by atoms with E-state index in [1.165, 1.54) is 18.6 Å². The van der Waals surface area contributed by atoms with Crippen molar-refractivity contribution in [2.24, 2.45) is 11.7 Å². The molecule has 2 rings (SSSR count). The van der Waals surface area contributed by atoms with E-state index in [0.717, 1.165) is 38.0 Å². The van der Waals surface area contributed by atoms with E-state index in [1.54, 1.807) is 6.07 Å². The number of halogens is 1. The molecule has 2 unspecified atom stereocenters. The van der Waals surface area contributed by atoms with Gasteiger partial charge in [-0.2, -0.15) is 0 Å². The lowest BCUT2D eigenvalue weighted by Gasteiger charge is -2.37. The highest BCUT2D eigenvalue weighted by atomic mass is 19.1. The third-order valence-electron chi connectivity index (χ3n) is 4.12. The largest absolute Gasteiger partial charge is 0.508 e. The van der Waals surface area contributed by atoms with E-state index < -0.39 is 5.82 Å². The number of likely N-dealkylation sites (tertiary alicyclic amines) is 1. The molecule has 3 nitrogen and oxygen atoms in total. The SMILES string of the molecule is CC(c1ccc(F)cc1O)N1CCCC(CCN)C1. The Morgan fingerprint density at radius 2 is 2.32 bits per heavy atom. The van der Waals surface area contributed by atoms with Gasteiger partial charge in [-0.05, 0) is 51.3 Å². The first-order valence-corrected chi connectivity index (χ1v) is 7.04. The fourth-order valence-electron chi connectivity index (χ4n) is 2.99. The highest BCUT2D eigenvalue weighted by molar-refractivity contribution is 5.35. The van der Waals surface area contributed by atoms with E-state index in [2.05, 4.69) is 11.8 Å². The zero-order valence-electron chi connectivity index (χ0n) is 11.5. The fraction of sp³-hybridized carbons (Fsp3) is 0.600. The lowest BCUT2D eigenvalue weighted by molar-refractivity contribution is 0.127. The number of hydrogen-bond acceptors (Lipinski definition) is 3. The van der Waals surface area contributed by atoms with Crippen LogP contribution in [0.4, 0.5) is 4.39 Å². The van der Waals surface area contributed by atoms with Gasteiger partial charge in [0.15, 0.2) is 0 Å². The van der Waals surface area contributed by atoms with Gasteiger partial charge in [-0.25, -0.2) is 4.39 Å². The Morgan fingerprint density at radius 1 is 1.53 bits per heavy atom. The number of phenols is 1. The third-order valence-corrected chi connectivity index (χ3v) is 4.12. The van der Waals surface area contributed by atoms with Gasteiger partial charge in [-0.15, -0.1) is 0 Å². The predicted octanol–water partition coefficient (Wildman–Crippen LogP) is 2.65. The van der Waals surface area contributed by atoms with E-state index in [-0.39, 0.29) is 11.8 Å². The van der Waals surface area contributed by atoms with Crippen molar-refractivity contribution in [2.75, 3.05) is 19.6 Å². The summed E-state index contributed by atoms with van der Waals surface area (Å²) in [5, 5.41) is 9.88. The fourth-order valence-corrected chi connectivity index (χ4v) is 2.99. The van der Waals surface area contributed by atoms with E-state index in [0.29, 0.717) is 5.92 Å². The molecular formula is C15H23FN2O. The molecule has 1 aliphatic heterocycles. The van der Waals surface area contributed by atoms with Crippen LogP contribution in [0.1, 0.15) is 37.8 Å². The van der Waals surface area contributed by atoms with E-state index in [4.69, 9.17) is 5.73 Å². The first-order chi connectivity index (χ1) is 9.11. The number of benzene rings is 1. The second-order valence-corrected chi connectivity index (χ2v) is 5.46. The van der Waals surface area contributed by atoms with Gasteiger partial charge in [-0.1, -0.05) is 6.07 Å². The highest BCUT2D eigenvalue weighted by Gasteiger charge is 2.25. The van der Waals surface area contributed by atoms with Crippen LogP contribution < -0.4 is 5.73 Å². The average Bonchev–Trinajstić information content (AvgIpc) is 2.39. The third kappa shape index (κ3) is 3.45. The minimum absolute atomic E-state index is 0.0495. The minimum Gasteiger partial charge on any atom is -0.508 e. The van der Waals surface area contributed by atoms with Crippen molar-refractivity contribution in [2.45, 2.75) is 32.2 Å². The van der Waals surface area contributed by atoms with Gasteiger partial charge < -0.3 is 10.8 Å². The number of nitrogens with two attached hydrogens (primary N) is 1. The lowest BCUT2D eigenvalue weighted by Crippen LogP contribution is -2.37. The van der Waals surface area contributed by atoms with Crippen LogP contribution in [-0.2, 0) is 0 Å². The number of rotatable bonds is 4. The molecule has 1 heterocycles. The van der Waals surface area contributed by atoms with Crippen molar-refractivity contribution in [3.05, 3.63) is 29.6 Å². The Bertz CT molecular complexity index is 423. The Balaban J connectivity index is 2.07. The number of piperidine rings is 1. The first-order valence-electron chi connectivity index (χ1n) is 7.04. The lowest BCUT2D eigenvalue weighted by atomic mass is 9.92. The second-order valence-electron chi connectivity index (χ2n) is 5.46. The van der Waals surface area contributed by atoms with Crippen LogP contribution in [0.15, 0.2) is 18.2 Å². The van der Waals surface area contributed by atoms with Crippen LogP contribution >= 0.6 is 0 Å². The number of nitrogens with zero attached hydrogens (tertiary/aromatic N) is 1. The molecule has 0 amide bonds. The molecule has 19 heavy (non-hydrogen) atoms. The summed E-state index contributed by atoms with van der Waals surface area (Å²) in [6.45, 7) is 4.83. The van der Waals surface area contributed by atoms with Gasteiger partial charge in [0.1, 0.15) is 11.6 Å². The first kappa shape index (κ1) is 14.3. The second kappa shape index (κ2) is 6.35. The molecule has 106 valence electrons. The minimum atomic E-state index is -0.395. The van der Waals surface area contributed by atoms with Crippen LogP contribution in [0, 0.1) is 11.7 Å². The highest BCUT2D eigenvalue weighted by Crippen LogP contribution is 2.32. The molecule has 0 radical (unpaired) electrons. The molecule has 3 N–H and O–H groups in total. The Morgan fingerprint density at radius 3 is 3.00 bits per heavy atom. The molecule has 0 bridgehead atoms. The zero-order valence-corrected chi connectivity index (χ0v) is 11.5. The van der Waals surface area contributed by atoms with Crippen molar-refractivity contribution in [3.63, 3.8) is 0 Å². The van der Waals surface area contributed by atoms with Crippen molar-refractivity contribution >= 4 is 0 Å². The zero-order chi connectivity index (χ0) is 13.8. The predicted molar refractivity (Wildman–Crippen MR) is 74.4 cm³/mol. The standard InChI is InChI=1S/C15H23FN2O/c1-11(14-5-4-13(16)9-15(14)19)18-8-2-3-12(10-18)6-7-17/h4-5,9,11-12,19H,2-3,6-8,10,17H2,1H3. The van der Waals surface area contributed by atoms with Crippen molar-refractivity contribution in [3.8, 4) is 5.75 Å². The van der Waals surface area contributed by atoms with Gasteiger partial charge >= 0.3 is 0 Å². The van der Waals surface area contributed by atoms with Crippen LogP contribution in [0.2, 0.25) is 0 Å². The summed E-state index contributed by atoms with van der Waals surface area (Å²) < 4.78 is 13.0. The maximum atomic E-state index is 13.0. The quantitative estimate of drug-likeness (QED) is 0.881. The van der Waals surface area contributed by atoms with Gasteiger partial charge in [0, 0.05) is 24.2 Å². The van der Waals surface area contributed by atoms with Crippen molar-refractivity contribution in [1.29, 1.82) is 0 Å². The maximum Gasteiger partial charge on any atom is 0.126 e. The molecule has 0 aromatic heterocycles. The van der Waals surface area contributed by atoms with Crippen LogP contribution in [0.3, 0.4) is 0 Å². The molecule has 0 spiro atoms. The normalized spacial score (nSPS) is 22.4. The smallest absolute Gasteiger partial charge is 0.126 e. The molecule has 1 aliphatic rings. The van der Waals surface area contributed by atoms with Crippen LogP contribution in [0.25, 0.3) is 0 Å². The molecule has 0 aliphatic carbocycles. The molecule has 1 aromatic carbocycles. The summed E-state index contributed by atoms with van der Waals surface area (Å²) in [5.41, 5.74) is 6.43. The molecule has 1 fully saturated rings. The van der Waals surface area contributed by atoms with Gasteiger partial charge in [0.25, 0.3) is 0 Å². The summed E-state index contributed by atoms with van der Waals surface area (Å²) in [4.78, 5) is 2.36. The monoisotopic (exact) mass is 266 g/mol. The number of aromatic hydroxyl groups is 1. The molecule has 1 saturated heterocycles. The molecule has 1 aromatic rings. The van der Waals surface area contributed by atoms with E-state index in [9.17, 15) is 9.50 Å². The van der Waals surface area contributed by atoms with Gasteiger partial charge in [-0.3, -0.25) is 4.90 Å². The molecule has 0 saturated carbocycles. The topological polar surface area (TPSA) is 49.5 Å². The van der Waals surface area contributed by atoms with Crippen LogP contribution in [-0.4, -0.2) is 29.6 Å². The van der Waals surface area contributed by atoms with E-state index in [1.807, 2.05) is 0 Å². The van der Waals surface area contributed by atoms with Gasteiger partial charge in [0.05, 0.1) is 0 Å². The number of hydrogen-bond donors (Lipinski definition) is 2. The Kier molecular flexibility index (Phi) is 4.77. The summed E-state index contributed by atoms with van der Waals surface area (Å²) in [5.74, 6) is 0.297. The maximum absolute atomic E-state index is 13.0. The summed E-state index contributed by atoms with van der Waals surface area (Å²) in [6, 6.07) is 4.39. The summed E-state index contributed by atoms with van der Waals surface area (Å²) >= 11 is 0. The van der Waals surface area contributed by atoms with Gasteiger partial charge in [0.2, 0.25) is 0 Å². The molecule has 2 atom stereocenters. The van der Waals surface area contributed by atoms with Crippen molar-refractivity contribution < 1.29 is 9.50 Å².